The normalized spacial score (nSPS) is 10.9. The fourth-order valence-corrected chi connectivity index (χ4v) is 4.45. The van der Waals surface area contributed by atoms with Gasteiger partial charge in [0.15, 0.2) is 11.5 Å². The van der Waals surface area contributed by atoms with Crippen LogP contribution in [0.5, 0.6) is 11.5 Å². The molecule has 1 heterocycles. The van der Waals surface area contributed by atoms with E-state index in [1.54, 1.807) is 7.11 Å². The minimum atomic E-state index is -0.123. The molecule has 6 nitrogen and oxygen atoms in total. The number of amides is 1. The molecular formula is C31H28ClN3O3. The quantitative estimate of drug-likeness (QED) is 0.232. The molecule has 0 aliphatic rings. The average molecular weight is 526 g/mol. The summed E-state index contributed by atoms with van der Waals surface area (Å²) in [5, 5.41) is 3.70. The van der Waals surface area contributed by atoms with Crippen molar-refractivity contribution in [1.82, 2.24) is 14.9 Å². The number of ether oxygens (including phenoxy) is 2. The Labute approximate surface area is 226 Å². The number of rotatable bonds is 10. The lowest BCUT2D eigenvalue weighted by molar-refractivity contribution is 0.0954. The zero-order chi connectivity index (χ0) is 26.3. The molecule has 0 spiro atoms. The van der Waals surface area contributed by atoms with Gasteiger partial charge in [-0.3, -0.25) is 4.79 Å². The summed E-state index contributed by atoms with van der Waals surface area (Å²) in [7, 11) is 1.62. The molecule has 0 aliphatic carbocycles. The number of carbonyl (C=O) groups is 1. The van der Waals surface area contributed by atoms with Crippen molar-refractivity contribution in [3.63, 3.8) is 0 Å². The van der Waals surface area contributed by atoms with Gasteiger partial charge in [-0.2, -0.15) is 0 Å². The van der Waals surface area contributed by atoms with Crippen LogP contribution in [-0.2, 0) is 19.6 Å². The number of methoxy groups -OCH3 is 1. The molecule has 1 N–H and O–H groups in total. The van der Waals surface area contributed by atoms with Crippen molar-refractivity contribution in [3.8, 4) is 11.5 Å². The second-order valence-corrected chi connectivity index (χ2v) is 9.31. The van der Waals surface area contributed by atoms with E-state index < -0.39 is 0 Å². The summed E-state index contributed by atoms with van der Waals surface area (Å²) >= 11 is 6.10. The molecule has 0 bridgehead atoms. The van der Waals surface area contributed by atoms with E-state index in [0.717, 1.165) is 28.8 Å². The standard InChI is InChI=1S/C31H28ClN3O3/c1-37-28-9-5-6-10-29(28)38-21-30-34-26-19-24(31(36)33-18-17-22-7-3-2-4-8-22)13-16-27(26)35(30)20-23-11-14-25(32)15-12-23/h2-16,19H,17-18,20-21H2,1H3,(H,33,36). The van der Waals surface area contributed by atoms with E-state index in [4.69, 9.17) is 26.1 Å². The second-order valence-electron chi connectivity index (χ2n) is 8.88. The molecule has 0 unspecified atom stereocenters. The Morgan fingerprint density at radius 1 is 0.895 bits per heavy atom. The maximum atomic E-state index is 12.9. The zero-order valence-electron chi connectivity index (χ0n) is 21.1. The maximum absolute atomic E-state index is 12.9. The molecule has 5 rings (SSSR count). The monoisotopic (exact) mass is 525 g/mol. The summed E-state index contributed by atoms with van der Waals surface area (Å²) in [5.74, 6) is 1.91. The molecule has 1 aromatic heterocycles. The first kappa shape index (κ1) is 25.4. The summed E-state index contributed by atoms with van der Waals surface area (Å²) in [4.78, 5) is 17.7. The Morgan fingerprint density at radius 3 is 2.39 bits per heavy atom. The van der Waals surface area contributed by atoms with E-state index in [9.17, 15) is 4.79 Å². The molecule has 38 heavy (non-hydrogen) atoms. The number of carbonyl (C=O) groups excluding carboxylic acids is 1. The van der Waals surface area contributed by atoms with E-state index in [2.05, 4.69) is 22.0 Å². The van der Waals surface area contributed by atoms with Crippen molar-refractivity contribution in [3.05, 3.63) is 125 Å². The first-order valence-electron chi connectivity index (χ1n) is 12.4. The maximum Gasteiger partial charge on any atom is 0.251 e. The van der Waals surface area contributed by atoms with Gasteiger partial charge in [-0.25, -0.2) is 4.98 Å². The predicted molar refractivity (Wildman–Crippen MR) is 150 cm³/mol. The van der Waals surface area contributed by atoms with E-state index in [1.165, 1.54) is 5.56 Å². The third-order valence-electron chi connectivity index (χ3n) is 6.31. The van der Waals surface area contributed by atoms with Crippen LogP contribution in [0, 0.1) is 0 Å². The number of halogens is 1. The van der Waals surface area contributed by atoms with Gasteiger partial charge in [0, 0.05) is 23.7 Å². The van der Waals surface area contributed by atoms with Gasteiger partial charge >= 0.3 is 0 Å². The van der Waals surface area contributed by atoms with Crippen molar-refractivity contribution >= 4 is 28.5 Å². The third kappa shape index (κ3) is 5.98. The van der Waals surface area contributed by atoms with Crippen molar-refractivity contribution in [2.75, 3.05) is 13.7 Å². The lowest BCUT2D eigenvalue weighted by Crippen LogP contribution is -2.25. The SMILES string of the molecule is COc1ccccc1OCc1nc2cc(C(=O)NCCc3ccccc3)ccc2n1Cc1ccc(Cl)cc1. The average Bonchev–Trinajstić information content (AvgIpc) is 3.30. The molecule has 0 aliphatic heterocycles. The molecule has 7 heteroatoms. The van der Waals surface area contributed by atoms with E-state index in [1.807, 2.05) is 84.9 Å². The number of hydrogen-bond acceptors (Lipinski definition) is 4. The molecular weight excluding hydrogens is 498 g/mol. The Morgan fingerprint density at radius 2 is 1.63 bits per heavy atom. The van der Waals surface area contributed by atoms with Crippen LogP contribution >= 0.6 is 11.6 Å². The van der Waals surface area contributed by atoms with Gasteiger partial charge in [-0.15, -0.1) is 0 Å². The van der Waals surface area contributed by atoms with Crippen LogP contribution in [0.2, 0.25) is 5.02 Å². The highest BCUT2D eigenvalue weighted by Gasteiger charge is 2.16. The number of benzene rings is 4. The van der Waals surface area contributed by atoms with Crippen molar-refractivity contribution in [2.45, 2.75) is 19.6 Å². The van der Waals surface area contributed by atoms with Crippen molar-refractivity contribution in [1.29, 1.82) is 0 Å². The minimum absolute atomic E-state index is 0.123. The van der Waals surface area contributed by atoms with Crippen LogP contribution in [0.1, 0.15) is 27.3 Å². The van der Waals surface area contributed by atoms with Gasteiger partial charge in [0.1, 0.15) is 12.4 Å². The molecule has 4 aromatic carbocycles. The second kappa shape index (κ2) is 11.8. The summed E-state index contributed by atoms with van der Waals surface area (Å²) in [6.45, 7) is 1.38. The Kier molecular flexibility index (Phi) is 7.90. The first-order chi connectivity index (χ1) is 18.6. The van der Waals surface area contributed by atoms with Gasteiger partial charge < -0.3 is 19.4 Å². The van der Waals surface area contributed by atoms with Gasteiger partial charge in [-0.05, 0) is 60.0 Å². The number of aromatic nitrogens is 2. The zero-order valence-corrected chi connectivity index (χ0v) is 21.8. The molecule has 1 amide bonds. The highest BCUT2D eigenvalue weighted by molar-refractivity contribution is 6.30. The fourth-order valence-electron chi connectivity index (χ4n) is 4.33. The van der Waals surface area contributed by atoms with Crippen LogP contribution in [0.3, 0.4) is 0 Å². The van der Waals surface area contributed by atoms with Gasteiger partial charge in [0.25, 0.3) is 5.91 Å². The minimum Gasteiger partial charge on any atom is -0.493 e. The molecule has 0 saturated heterocycles. The van der Waals surface area contributed by atoms with Crippen molar-refractivity contribution in [2.24, 2.45) is 0 Å². The fraction of sp³-hybridized carbons (Fsp3) is 0.161. The van der Waals surface area contributed by atoms with E-state index in [-0.39, 0.29) is 12.5 Å². The van der Waals surface area contributed by atoms with E-state index >= 15 is 0 Å². The van der Waals surface area contributed by atoms with Crippen LogP contribution in [0.4, 0.5) is 0 Å². The topological polar surface area (TPSA) is 65.4 Å². The molecule has 0 fully saturated rings. The lowest BCUT2D eigenvalue weighted by Gasteiger charge is -2.13. The number of hydrogen-bond donors (Lipinski definition) is 1. The van der Waals surface area contributed by atoms with Crippen LogP contribution < -0.4 is 14.8 Å². The first-order valence-corrected chi connectivity index (χ1v) is 12.8. The van der Waals surface area contributed by atoms with Gasteiger partial charge in [-0.1, -0.05) is 66.2 Å². The number of fused-ring (bicyclic) bond motifs is 1. The Balaban J connectivity index is 1.39. The third-order valence-corrected chi connectivity index (χ3v) is 6.56. The summed E-state index contributed by atoms with van der Waals surface area (Å²) in [6.07, 6.45) is 0.773. The Bertz CT molecular complexity index is 1530. The smallest absolute Gasteiger partial charge is 0.251 e. The number of nitrogens with zero attached hydrogens (tertiary/aromatic N) is 2. The highest BCUT2D eigenvalue weighted by atomic mass is 35.5. The number of nitrogens with one attached hydrogen (secondary N) is 1. The highest BCUT2D eigenvalue weighted by Crippen LogP contribution is 2.28. The lowest BCUT2D eigenvalue weighted by atomic mass is 10.1. The molecule has 0 saturated carbocycles. The number of imidazole rings is 1. The number of para-hydroxylation sites is 2. The summed E-state index contributed by atoms with van der Waals surface area (Å²) in [5.41, 5.74) is 4.48. The predicted octanol–water partition coefficient (Wildman–Crippen LogP) is 6.30. The molecule has 192 valence electrons. The Hall–Kier alpha value is -4.29. The van der Waals surface area contributed by atoms with Gasteiger partial charge in [0.2, 0.25) is 0 Å². The van der Waals surface area contributed by atoms with Crippen LogP contribution in [-0.4, -0.2) is 29.1 Å². The summed E-state index contributed by atoms with van der Waals surface area (Å²) < 4.78 is 13.6. The van der Waals surface area contributed by atoms with Crippen molar-refractivity contribution < 1.29 is 14.3 Å². The molecule has 0 radical (unpaired) electrons. The summed E-state index contributed by atoms with van der Waals surface area (Å²) in [6, 6.07) is 31.0. The van der Waals surface area contributed by atoms with Gasteiger partial charge in [0.05, 0.1) is 18.1 Å². The largest absolute Gasteiger partial charge is 0.493 e. The van der Waals surface area contributed by atoms with E-state index in [0.29, 0.717) is 35.2 Å². The molecule has 0 atom stereocenters. The van der Waals surface area contributed by atoms with Crippen LogP contribution in [0.25, 0.3) is 11.0 Å². The van der Waals surface area contributed by atoms with Crippen LogP contribution in [0.15, 0.2) is 97.1 Å². The molecule has 5 aromatic rings.